The lowest BCUT2D eigenvalue weighted by molar-refractivity contribution is 0.0937. The van der Waals surface area contributed by atoms with E-state index in [4.69, 9.17) is 10.5 Å². The molecule has 5 heteroatoms. The molecule has 1 rings (SSSR count). The molecule has 0 aliphatic heterocycles. The SMILES string of the molecule is CCCC(CN)NC(=O)c1sccc1OC. The Morgan fingerprint density at radius 2 is 2.44 bits per heavy atom. The number of carbonyl (C=O) groups is 1. The van der Waals surface area contributed by atoms with E-state index in [1.165, 1.54) is 11.3 Å². The van der Waals surface area contributed by atoms with Gasteiger partial charge in [-0.05, 0) is 17.9 Å². The lowest BCUT2D eigenvalue weighted by Crippen LogP contribution is -2.39. The van der Waals surface area contributed by atoms with Gasteiger partial charge in [0.15, 0.2) is 0 Å². The molecule has 1 atom stereocenters. The summed E-state index contributed by atoms with van der Waals surface area (Å²) in [6.45, 7) is 2.54. The highest BCUT2D eigenvalue weighted by Crippen LogP contribution is 2.24. The van der Waals surface area contributed by atoms with E-state index >= 15 is 0 Å². The Hall–Kier alpha value is -1.07. The summed E-state index contributed by atoms with van der Waals surface area (Å²) in [5.41, 5.74) is 5.59. The highest BCUT2D eigenvalue weighted by Gasteiger charge is 2.16. The van der Waals surface area contributed by atoms with Crippen LogP contribution in [0.4, 0.5) is 0 Å². The number of hydrogen-bond donors (Lipinski definition) is 2. The van der Waals surface area contributed by atoms with Gasteiger partial charge in [0.25, 0.3) is 5.91 Å². The molecule has 1 aromatic rings. The van der Waals surface area contributed by atoms with Crippen LogP contribution in [0.15, 0.2) is 11.4 Å². The van der Waals surface area contributed by atoms with Crippen LogP contribution in [-0.2, 0) is 0 Å². The summed E-state index contributed by atoms with van der Waals surface area (Å²) in [5, 5.41) is 4.75. The quantitative estimate of drug-likeness (QED) is 0.796. The molecule has 1 aromatic heterocycles. The lowest BCUT2D eigenvalue weighted by atomic mass is 10.1. The fourth-order valence-corrected chi connectivity index (χ4v) is 2.23. The summed E-state index contributed by atoms with van der Waals surface area (Å²) >= 11 is 1.37. The maximum Gasteiger partial charge on any atom is 0.265 e. The van der Waals surface area contributed by atoms with Crippen LogP contribution >= 0.6 is 11.3 Å². The number of ether oxygens (including phenoxy) is 1. The smallest absolute Gasteiger partial charge is 0.265 e. The second-order valence-electron chi connectivity index (χ2n) is 3.51. The van der Waals surface area contributed by atoms with Crippen molar-refractivity contribution < 1.29 is 9.53 Å². The molecule has 0 saturated heterocycles. The Bertz CT molecular complexity index is 338. The normalized spacial score (nSPS) is 12.2. The van der Waals surface area contributed by atoms with E-state index in [-0.39, 0.29) is 11.9 Å². The first-order valence-electron chi connectivity index (χ1n) is 5.35. The maximum atomic E-state index is 11.9. The van der Waals surface area contributed by atoms with Gasteiger partial charge in [0.05, 0.1) is 7.11 Å². The first-order chi connectivity index (χ1) is 7.72. The number of nitrogens with two attached hydrogens (primary N) is 1. The van der Waals surface area contributed by atoms with Gasteiger partial charge < -0.3 is 15.8 Å². The van der Waals surface area contributed by atoms with E-state index in [2.05, 4.69) is 12.2 Å². The molecule has 4 nitrogen and oxygen atoms in total. The van der Waals surface area contributed by atoms with Gasteiger partial charge in [-0.25, -0.2) is 0 Å². The molecular weight excluding hydrogens is 224 g/mol. The summed E-state index contributed by atoms with van der Waals surface area (Å²) < 4.78 is 5.10. The minimum atomic E-state index is -0.101. The molecule has 0 fully saturated rings. The molecule has 0 aliphatic rings. The number of rotatable bonds is 6. The first-order valence-corrected chi connectivity index (χ1v) is 6.23. The van der Waals surface area contributed by atoms with Crippen LogP contribution in [0.25, 0.3) is 0 Å². The van der Waals surface area contributed by atoms with Crippen molar-refractivity contribution >= 4 is 17.2 Å². The highest BCUT2D eigenvalue weighted by molar-refractivity contribution is 7.12. The van der Waals surface area contributed by atoms with Crippen molar-refractivity contribution in [2.75, 3.05) is 13.7 Å². The molecule has 1 heterocycles. The molecule has 3 N–H and O–H groups in total. The van der Waals surface area contributed by atoms with Crippen LogP contribution in [0.5, 0.6) is 5.75 Å². The molecule has 0 radical (unpaired) electrons. The molecule has 0 aromatic carbocycles. The maximum absolute atomic E-state index is 11.9. The third-order valence-corrected chi connectivity index (χ3v) is 3.21. The van der Waals surface area contributed by atoms with Gasteiger partial charge in [-0.15, -0.1) is 11.3 Å². The van der Waals surface area contributed by atoms with Crippen molar-refractivity contribution in [2.24, 2.45) is 5.73 Å². The van der Waals surface area contributed by atoms with Gasteiger partial charge in [-0.1, -0.05) is 13.3 Å². The molecular formula is C11H18N2O2S. The summed E-state index contributed by atoms with van der Waals surface area (Å²) in [6.07, 6.45) is 1.90. The molecule has 90 valence electrons. The summed E-state index contributed by atoms with van der Waals surface area (Å²) in [7, 11) is 1.56. The Labute approximate surface area is 99.8 Å². The number of carbonyl (C=O) groups excluding carboxylic acids is 1. The highest BCUT2D eigenvalue weighted by atomic mass is 32.1. The van der Waals surface area contributed by atoms with Gasteiger partial charge in [0.1, 0.15) is 10.6 Å². The number of methoxy groups -OCH3 is 1. The van der Waals surface area contributed by atoms with Gasteiger partial charge in [0.2, 0.25) is 0 Å². The molecule has 1 amide bonds. The molecule has 1 unspecified atom stereocenters. The largest absolute Gasteiger partial charge is 0.495 e. The average Bonchev–Trinajstić information content (AvgIpc) is 2.76. The van der Waals surface area contributed by atoms with Crippen LogP contribution in [0.2, 0.25) is 0 Å². The van der Waals surface area contributed by atoms with Crippen LogP contribution < -0.4 is 15.8 Å². The van der Waals surface area contributed by atoms with E-state index in [1.54, 1.807) is 13.2 Å². The molecule has 0 spiro atoms. The summed E-state index contributed by atoms with van der Waals surface area (Å²) in [4.78, 5) is 12.5. The van der Waals surface area contributed by atoms with Crippen LogP contribution in [0.1, 0.15) is 29.4 Å². The minimum absolute atomic E-state index is 0.0457. The van der Waals surface area contributed by atoms with E-state index in [1.807, 2.05) is 5.38 Å². The summed E-state index contributed by atoms with van der Waals surface area (Å²) in [5.74, 6) is 0.519. The van der Waals surface area contributed by atoms with Gasteiger partial charge in [0, 0.05) is 12.6 Å². The second kappa shape index (κ2) is 6.50. The Morgan fingerprint density at radius 1 is 1.69 bits per heavy atom. The van der Waals surface area contributed by atoms with Crippen molar-refractivity contribution in [3.05, 3.63) is 16.3 Å². The minimum Gasteiger partial charge on any atom is -0.495 e. The summed E-state index contributed by atoms with van der Waals surface area (Å²) in [6, 6.07) is 1.83. The van der Waals surface area contributed by atoms with Gasteiger partial charge in [-0.3, -0.25) is 4.79 Å². The van der Waals surface area contributed by atoms with E-state index in [9.17, 15) is 4.79 Å². The van der Waals surface area contributed by atoms with Gasteiger partial charge in [-0.2, -0.15) is 0 Å². The number of nitrogens with one attached hydrogen (secondary N) is 1. The average molecular weight is 242 g/mol. The molecule has 0 saturated carbocycles. The third-order valence-electron chi connectivity index (χ3n) is 2.31. The Morgan fingerprint density at radius 3 is 3.00 bits per heavy atom. The van der Waals surface area contributed by atoms with Crippen molar-refractivity contribution in [3.8, 4) is 5.75 Å². The lowest BCUT2D eigenvalue weighted by Gasteiger charge is -2.15. The molecule has 0 aliphatic carbocycles. The zero-order chi connectivity index (χ0) is 12.0. The predicted molar refractivity (Wildman–Crippen MR) is 66.1 cm³/mol. The predicted octanol–water partition coefficient (Wildman–Crippen LogP) is 1.61. The third kappa shape index (κ3) is 3.21. The zero-order valence-corrected chi connectivity index (χ0v) is 10.5. The van der Waals surface area contributed by atoms with Gasteiger partial charge >= 0.3 is 0 Å². The van der Waals surface area contributed by atoms with E-state index in [0.717, 1.165) is 12.8 Å². The number of hydrogen-bond acceptors (Lipinski definition) is 4. The Kier molecular flexibility index (Phi) is 5.28. The van der Waals surface area contributed by atoms with Crippen molar-refractivity contribution in [3.63, 3.8) is 0 Å². The topological polar surface area (TPSA) is 64.3 Å². The van der Waals surface area contributed by atoms with Crippen molar-refractivity contribution in [1.29, 1.82) is 0 Å². The Balaban J connectivity index is 2.64. The van der Waals surface area contributed by atoms with E-state index in [0.29, 0.717) is 17.2 Å². The molecule has 0 bridgehead atoms. The fraction of sp³-hybridized carbons (Fsp3) is 0.545. The van der Waals surface area contributed by atoms with Crippen LogP contribution in [0, 0.1) is 0 Å². The van der Waals surface area contributed by atoms with Crippen molar-refractivity contribution in [1.82, 2.24) is 5.32 Å². The zero-order valence-electron chi connectivity index (χ0n) is 9.66. The standard InChI is InChI=1S/C11H18N2O2S/c1-3-4-8(7-12)13-11(14)10-9(15-2)5-6-16-10/h5-6,8H,3-4,7,12H2,1-2H3,(H,13,14). The number of amides is 1. The second-order valence-corrected chi connectivity index (χ2v) is 4.43. The fourth-order valence-electron chi connectivity index (χ4n) is 1.47. The van der Waals surface area contributed by atoms with Crippen LogP contribution in [-0.4, -0.2) is 25.6 Å². The van der Waals surface area contributed by atoms with E-state index < -0.39 is 0 Å². The number of thiophene rings is 1. The first kappa shape index (κ1) is 13.0. The monoisotopic (exact) mass is 242 g/mol. The molecule has 16 heavy (non-hydrogen) atoms. The van der Waals surface area contributed by atoms with Crippen molar-refractivity contribution in [2.45, 2.75) is 25.8 Å². The van der Waals surface area contributed by atoms with Crippen LogP contribution in [0.3, 0.4) is 0 Å².